The Morgan fingerprint density at radius 3 is 2.66 bits per heavy atom. The highest BCUT2D eigenvalue weighted by Gasteiger charge is 2.40. The second-order valence-corrected chi connectivity index (χ2v) is 10.2. The van der Waals surface area contributed by atoms with Gasteiger partial charge in [-0.25, -0.2) is 13.6 Å². The third kappa shape index (κ3) is 3.90. The van der Waals surface area contributed by atoms with E-state index >= 15 is 0 Å². The Kier molecular flexibility index (Phi) is 5.44. The normalized spacial score (nSPS) is 28.1. The SMILES string of the molecule is CC1(C)CCc2cc(-c3cccc(F)c3F)ccc2C1NC(=O)O[C@@H]1CN2CCC1CC2. The number of aryl methyl sites for hydroxylation is 1. The monoisotopic (exact) mass is 440 g/mol. The number of rotatable bonds is 3. The zero-order chi connectivity index (χ0) is 22.5. The second-order valence-electron chi connectivity index (χ2n) is 10.2. The van der Waals surface area contributed by atoms with E-state index in [9.17, 15) is 13.6 Å². The van der Waals surface area contributed by atoms with Crippen LogP contribution >= 0.6 is 0 Å². The standard InChI is InChI=1S/C26H30F2N2O2/c1-26(2)11-8-18-14-17(19-4-3-5-21(27)23(19)28)6-7-20(18)24(26)29-25(31)32-22-15-30-12-9-16(22)10-13-30/h3-7,14,16,22,24H,8-13,15H2,1-2H3,(H,29,31)/t22-,24?/m1/s1. The zero-order valence-corrected chi connectivity index (χ0v) is 18.7. The molecule has 0 aromatic heterocycles. The molecule has 0 saturated carbocycles. The van der Waals surface area contributed by atoms with Gasteiger partial charge in [0, 0.05) is 12.1 Å². The van der Waals surface area contributed by atoms with Crippen LogP contribution in [0.2, 0.25) is 0 Å². The van der Waals surface area contributed by atoms with Gasteiger partial charge in [-0.05, 0) is 72.9 Å². The molecule has 1 amide bonds. The summed E-state index contributed by atoms with van der Waals surface area (Å²) in [5, 5.41) is 3.14. The van der Waals surface area contributed by atoms with Crippen molar-refractivity contribution < 1.29 is 18.3 Å². The molecule has 32 heavy (non-hydrogen) atoms. The molecule has 1 aliphatic carbocycles. The van der Waals surface area contributed by atoms with Crippen molar-refractivity contribution in [2.45, 2.75) is 51.7 Å². The van der Waals surface area contributed by atoms with Gasteiger partial charge in [-0.2, -0.15) is 0 Å². The molecule has 3 heterocycles. The molecule has 2 atom stereocenters. The lowest BCUT2D eigenvalue weighted by atomic mass is 9.70. The highest BCUT2D eigenvalue weighted by atomic mass is 19.2. The molecule has 3 aliphatic heterocycles. The van der Waals surface area contributed by atoms with Crippen molar-refractivity contribution in [2.24, 2.45) is 11.3 Å². The molecule has 0 radical (unpaired) electrons. The van der Waals surface area contributed by atoms with Gasteiger partial charge in [0.05, 0.1) is 6.04 Å². The Morgan fingerprint density at radius 1 is 1.16 bits per heavy atom. The van der Waals surface area contributed by atoms with Crippen molar-refractivity contribution in [1.29, 1.82) is 0 Å². The minimum absolute atomic E-state index is 0.0398. The van der Waals surface area contributed by atoms with Gasteiger partial charge in [0.15, 0.2) is 11.6 Å². The Balaban J connectivity index is 1.37. The fourth-order valence-electron chi connectivity index (χ4n) is 5.63. The maximum atomic E-state index is 14.3. The number of fused-ring (bicyclic) bond motifs is 4. The summed E-state index contributed by atoms with van der Waals surface area (Å²) in [4.78, 5) is 15.2. The molecule has 0 spiro atoms. The van der Waals surface area contributed by atoms with Crippen LogP contribution < -0.4 is 5.32 Å². The predicted molar refractivity (Wildman–Crippen MR) is 119 cm³/mol. The highest BCUT2D eigenvalue weighted by Crippen LogP contribution is 2.44. The lowest BCUT2D eigenvalue weighted by molar-refractivity contribution is -0.0353. The maximum Gasteiger partial charge on any atom is 0.407 e. The number of nitrogens with one attached hydrogen (secondary N) is 1. The molecule has 4 aliphatic rings. The summed E-state index contributed by atoms with van der Waals surface area (Å²) in [6, 6.07) is 9.71. The average Bonchev–Trinajstić information content (AvgIpc) is 2.78. The summed E-state index contributed by atoms with van der Waals surface area (Å²) >= 11 is 0. The van der Waals surface area contributed by atoms with Crippen molar-refractivity contribution in [1.82, 2.24) is 10.2 Å². The number of alkyl carbamates (subject to hydrolysis) is 1. The minimum Gasteiger partial charge on any atom is -0.445 e. The Labute approximate surface area is 187 Å². The van der Waals surface area contributed by atoms with Crippen molar-refractivity contribution >= 4 is 6.09 Å². The molecule has 3 fully saturated rings. The molecule has 1 unspecified atom stereocenters. The van der Waals surface area contributed by atoms with E-state index in [-0.39, 0.29) is 29.2 Å². The van der Waals surface area contributed by atoms with E-state index in [1.54, 1.807) is 6.07 Å². The number of carbonyl (C=O) groups is 1. The first-order chi connectivity index (χ1) is 15.3. The van der Waals surface area contributed by atoms with E-state index in [2.05, 4.69) is 24.1 Å². The average molecular weight is 441 g/mol. The maximum absolute atomic E-state index is 14.3. The first kappa shape index (κ1) is 21.4. The number of halogens is 2. The lowest BCUT2D eigenvalue weighted by Crippen LogP contribution is -2.53. The largest absolute Gasteiger partial charge is 0.445 e. The van der Waals surface area contributed by atoms with Crippen LogP contribution in [0.5, 0.6) is 0 Å². The highest BCUT2D eigenvalue weighted by molar-refractivity contribution is 5.70. The van der Waals surface area contributed by atoms with Gasteiger partial charge in [-0.1, -0.05) is 44.2 Å². The van der Waals surface area contributed by atoms with Crippen LogP contribution in [0.25, 0.3) is 11.1 Å². The van der Waals surface area contributed by atoms with E-state index < -0.39 is 11.6 Å². The molecule has 1 N–H and O–H groups in total. The van der Waals surface area contributed by atoms with Crippen LogP contribution in [0.15, 0.2) is 36.4 Å². The number of nitrogens with zero attached hydrogens (tertiary/aromatic N) is 1. The molecule has 170 valence electrons. The van der Waals surface area contributed by atoms with Crippen molar-refractivity contribution in [3.63, 3.8) is 0 Å². The molecule has 2 bridgehead atoms. The molecule has 4 nitrogen and oxygen atoms in total. The fraction of sp³-hybridized carbons (Fsp3) is 0.500. The van der Waals surface area contributed by atoms with Gasteiger partial charge in [0.1, 0.15) is 6.10 Å². The second kappa shape index (κ2) is 8.14. The minimum atomic E-state index is -0.851. The predicted octanol–water partition coefficient (Wildman–Crippen LogP) is 5.47. The number of piperidine rings is 3. The number of ether oxygens (including phenoxy) is 1. The van der Waals surface area contributed by atoms with Gasteiger partial charge in [0.25, 0.3) is 0 Å². The van der Waals surface area contributed by atoms with E-state index in [4.69, 9.17) is 4.74 Å². The Bertz CT molecular complexity index is 1030. The third-order valence-corrected chi connectivity index (χ3v) is 7.65. The fourth-order valence-corrected chi connectivity index (χ4v) is 5.63. The Hall–Kier alpha value is -2.47. The van der Waals surface area contributed by atoms with Crippen LogP contribution in [0, 0.1) is 23.0 Å². The summed E-state index contributed by atoms with van der Waals surface area (Å²) < 4.78 is 33.9. The molecular weight excluding hydrogens is 410 g/mol. The van der Waals surface area contributed by atoms with Crippen LogP contribution in [0.1, 0.15) is 50.3 Å². The molecule has 3 saturated heterocycles. The molecule has 6 heteroatoms. The van der Waals surface area contributed by atoms with Crippen LogP contribution in [-0.4, -0.2) is 36.7 Å². The summed E-state index contributed by atoms with van der Waals surface area (Å²) in [6.45, 7) is 7.32. The topological polar surface area (TPSA) is 41.6 Å². The van der Waals surface area contributed by atoms with E-state index in [0.29, 0.717) is 11.5 Å². The summed E-state index contributed by atoms with van der Waals surface area (Å²) in [5.74, 6) is -1.23. The van der Waals surface area contributed by atoms with E-state index in [0.717, 1.165) is 62.5 Å². The van der Waals surface area contributed by atoms with Gasteiger partial charge >= 0.3 is 6.09 Å². The summed E-state index contributed by atoms with van der Waals surface area (Å²) in [5.41, 5.74) is 2.83. The number of hydrogen-bond donors (Lipinski definition) is 1. The van der Waals surface area contributed by atoms with Gasteiger partial charge in [-0.15, -0.1) is 0 Å². The zero-order valence-electron chi connectivity index (χ0n) is 18.7. The first-order valence-electron chi connectivity index (χ1n) is 11.6. The van der Waals surface area contributed by atoms with Crippen molar-refractivity contribution in [3.8, 4) is 11.1 Å². The number of amides is 1. The number of carbonyl (C=O) groups excluding carboxylic acids is 1. The third-order valence-electron chi connectivity index (χ3n) is 7.65. The smallest absolute Gasteiger partial charge is 0.407 e. The molecule has 2 aromatic carbocycles. The van der Waals surface area contributed by atoms with Crippen molar-refractivity contribution in [2.75, 3.05) is 19.6 Å². The number of hydrogen-bond acceptors (Lipinski definition) is 3. The molecular formula is C26H30F2N2O2. The van der Waals surface area contributed by atoms with Crippen LogP contribution in [0.3, 0.4) is 0 Å². The number of benzene rings is 2. The van der Waals surface area contributed by atoms with Crippen LogP contribution in [-0.2, 0) is 11.2 Å². The Morgan fingerprint density at radius 2 is 1.94 bits per heavy atom. The lowest BCUT2D eigenvalue weighted by Gasteiger charge is -2.44. The summed E-state index contributed by atoms with van der Waals surface area (Å²) in [7, 11) is 0. The summed E-state index contributed by atoms with van der Waals surface area (Å²) in [6.07, 6.45) is 3.47. The van der Waals surface area contributed by atoms with Gasteiger partial charge in [0.2, 0.25) is 0 Å². The van der Waals surface area contributed by atoms with Crippen molar-refractivity contribution in [3.05, 3.63) is 59.2 Å². The van der Waals surface area contributed by atoms with Gasteiger partial charge in [-0.3, -0.25) is 4.90 Å². The molecule has 2 aromatic rings. The van der Waals surface area contributed by atoms with Gasteiger partial charge < -0.3 is 10.1 Å². The van der Waals surface area contributed by atoms with E-state index in [1.165, 1.54) is 6.07 Å². The molecule has 6 rings (SSSR count). The first-order valence-corrected chi connectivity index (χ1v) is 11.6. The quantitative estimate of drug-likeness (QED) is 0.689. The van der Waals surface area contributed by atoms with E-state index in [1.807, 2.05) is 18.2 Å². The van der Waals surface area contributed by atoms with Crippen LogP contribution in [0.4, 0.5) is 13.6 Å².